The molecule has 0 saturated carbocycles. The molecule has 0 fully saturated rings. The van der Waals surface area contributed by atoms with E-state index in [1.54, 1.807) is 17.4 Å². The molecule has 0 aliphatic rings. The Kier molecular flexibility index (Phi) is 4.15. The van der Waals surface area contributed by atoms with E-state index < -0.39 is 5.97 Å². The van der Waals surface area contributed by atoms with Gasteiger partial charge in [-0.2, -0.15) is 11.3 Å². The third-order valence-electron chi connectivity index (χ3n) is 2.28. The van der Waals surface area contributed by atoms with Crippen LogP contribution in [0.1, 0.15) is 11.1 Å². The van der Waals surface area contributed by atoms with Crippen LogP contribution in [-0.2, 0) is 11.4 Å². The number of carboxylic acids is 1. The van der Waals surface area contributed by atoms with Crippen LogP contribution in [0.5, 0.6) is 5.75 Å². The van der Waals surface area contributed by atoms with Crippen molar-refractivity contribution in [2.45, 2.75) is 6.61 Å². The number of aliphatic carboxylic acids is 1. The Hall–Kier alpha value is -2.07. The van der Waals surface area contributed by atoms with Crippen molar-refractivity contribution in [2.75, 3.05) is 0 Å². The number of thiophene rings is 1. The molecule has 1 aromatic carbocycles. The maximum absolute atomic E-state index is 10.4. The van der Waals surface area contributed by atoms with E-state index in [1.165, 1.54) is 0 Å². The number of hydrogen-bond acceptors (Lipinski definition) is 3. The van der Waals surface area contributed by atoms with Gasteiger partial charge in [0.25, 0.3) is 0 Å². The quantitative estimate of drug-likeness (QED) is 0.838. The van der Waals surface area contributed by atoms with E-state index in [2.05, 4.69) is 0 Å². The van der Waals surface area contributed by atoms with Gasteiger partial charge >= 0.3 is 5.97 Å². The van der Waals surface area contributed by atoms with Gasteiger partial charge in [0.05, 0.1) is 0 Å². The van der Waals surface area contributed by atoms with Crippen LogP contribution in [-0.4, -0.2) is 11.1 Å². The zero-order valence-electron chi connectivity index (χ0n) is 9.58. The van der Waals surface area contributed by atoms with E-state index in [0.29, 0.717) is 6.61 Å². The van der Waals surface area contributed by atoms with Crippen molar-refractivity contribution < 1.29 is 14.6 Å². The SMILES string of the molecule is O=C(O)/C=C/c1ccc(OCc2ccsc2)cc1. The summed E-state index contributed by atoms with van der Waals surface area (Å²) in [6.45, 7) is 0.549. The van der Waals surface area contributed by atoms with Gasteiger partial charge in [0, 0.05) is 6.08 Å². The van der Waals surface area contributed by atoms with Crippen molar-refractivity contribution in [3.05, 3.63) is 58.3 Å². The fourth-order valence-corrected chi connectivity index (χ4v) is 2.04. The summed E-state index contributed by atoms with van der Waals surface area (Å²) < 4.78 is 5.60. The van der Waals surface area contributed by atoms with Crippen LogP contribution >= 0.6 is 11.3 Å². The normalized spacial score (nSPS) is 10.7. The summed E-state index contributed by atoms with van der Waals surface area (Å²) in [6, 6.07) is 9.32. The van der Waals surface area contributed by atoms with E-state index in [-0.39, 0.29) is 0 Å². The van der Waals surface area contributed by atoms with Gasteiger partial charge < -0.3 is 9.84 Å². The average molecular weight is 260 g/mol. The maximum Gasteiger partial charge on any atom is 0.328 e. The van der Waals surface area contributed by atoms with Gasteiger partial charge in [0.2, 0.25) is 0 Å². The summed E-state index contributed by atoms with van der Waals surface area (Å²) in [5.74, 6) is -0.179. The predicted molar refractivity (Wildman–Crippen MR) is 71.8 cm³/mol. The Morgan fingerprint density at radius 3 is 2.67 bits per heavy atom. The second-order valence-corrected chi connectivity index (χ2v) is 4.44. The zero-order valence-corrected chi connectivity index (χ0v) is 10.4. The van der Waals surface area contributed by atoms with Gasteiger partial charge in [-0.1, -0.05) is 12.1 Å². The first-order chi connectivity index (χ1) is 8.74. The summed E-state index contributed by atoms with van der Waals surface area (Å²) >= 11 is 1.64. The first kappa shape index (κ1) is 12.4. The lowest BCUT2D eigenvalue weighted by molar-refractivity contribution is -0.131. The number of benzene rings is 1. The van der Waals surface area contributed by atoms with Gasteiger partial charge in [-0.3, -0.25) is 0 Å². The van der Waals surface area contributed by atoms with E-state index in [0.717, 1.165) is 23.0 Å². The molecule has 1 aromatic heterocycles. The van der Waals surface area contributed by atoms with Gasteiger partial charge in [-0.25, -0.2) is 4.79 Å². The maximum atomic E-state index is 10.4. The molecule has 0 unspecified atom stereocenters. The molecule has 1 N–H and O–H groups in total. The van der Waals surface area contributed by atoms with Gasteiger partial charge in [-0.05, 0) is 46.2 Å². The number of rotatable bonds is 5. The van der Waals surface area contributed by atoms with E-state index in [4.69, 9.17) is 9.84 Å². The van der Waals surface area contributed by atoms with E-state index >= 15 is 0 Å². The molecule has 0 aliphatic heterocycles. The predicted octanol–water partition coefficient (Wildman–Crippen LogP) is 3.42. The van der Waals surface area contributed by atoms with Crippen molar-refractivity contribution in [3.8, 4) is 5.75 Å². The first-order valence-electron chi connectivity index (χ1n) is 5.39. The van der Waals surface area contributed by atoms with Crippen LogP contribution in [0, 0.1) is 0 Å². The molecule has 0 amide bonds. The second-order valence-electron chi connectivity index (χ2n) is 3.66. The standard InChI is InChI=1S/C14H12O3S/c15-14(16)6-3-11-1-4-13(5-2-11)17-9-12-7-8-18-10-12/h1-8,10H,9H2,(H,15,16)/b6-3+. The molecule has 2 aromatic rings. The van der Waals surface area contributed by atoms with Crippen LogP contribution < -0.4 is 4.74 Å². The van der Waals surface area contributed by atoms with Crippen LogP contribution in [0.15, 0.2) is 47.2 Å². The highest BCUT2D eigenvalue weighted by Crippen LogP contribution is 2.16. The largest absolute Gasteiger partial charge is 0.489 e. The lowest BCUT2D eigenvalue weighted by atomic mass is 10.2. The smallest absolute Gasteiger partial charge is 0.328 e. The van der Waals surface area contributed by atoms with Gasteiger partial charge in [-0.15, -0.1) is 0 Å². The fourth-order valence-electron chi connectivity index (χ4n) is 1.38. The second kappa shape index (κ2) is 6.02. The summed E-state index contributed by atoms with van der Waals surface area (Å²) in [5, 5.41) is 12.6. The molecule has 3 nitrogen and oxygen atoms in total. The molecule has 92 valence electrons. The summed E-state index contributed by atoms with van der Waals surface area (Å²) in [7, 11) is 0. The summed E-state index contributed by atoms with van der Waals surface area (Å²) in [4.78, 5) is 10.4. The van der Waals surface area contributed by atoms with Crippen molar-refractivity contribution in [2.24, 2.45) is 0 Å². The number of carbonyl (C=O) groups is 1. The first-order valence-corrected chi connectivity index (χ1v) is 6.33. The topological polar surface area (TPSA) is 46.5 Å². The Bertz CT molecular complexity index is 527. The van der Waals surface area contributed by atoms with Crippen molar-refractivity contribution in [1.82, 2.24) is 0 Å². The van der Waals surface area contributed by atoms with Crippen LogP contribution in [0.3, 0.4) is 0 Å². The Morgan fingerprint density at radius 2 is 2.06 bits per heavy atom. The lowest BCUT2D eigenvalue weighted by Gasteiger charge is -2.04. The van der Waals surface area contributed by atoms with E-state index in [9.17, 15) is 4.79 Å². The van der Waals surface area contributed by atoms with E-state index in [1.807, 2.05) is 41.1 Å². The third kappa shape index (κ3) is 3.75. The van der Waals surface area contributed by atoms with Crippen LogP contribution in [0.25, 0.3) is 6.08 Å². The van der Waals surface area contributed by atoms with Gasteiger partial charge in [0.15, 0.2) is 0 Å². The number of carboxylic acid groups (broad SMARTS) is 1. The summed E-state index contributed by atoms with van der Waals surface area (Å²) in [5.41, 5.74) is 1.98. The molecule has 0 bridgehead atoms. The minimum atomic E-state index is -0.951. The molecule has 0 atom stereocenters. The summed E-state index contributed by atoms with van der Waals surface area (Å²) in [6.07, 6.45) is 2.66. The fraction of sp³-hybridized carbons (Fsp3) is 0.0714. The molecule has 18 heavy (non-hydrogen) atoms. The molecular weight excluding hydrogens is 248 g/mol. The third-order valence-corrected chi connectivity index (χ3v) is 3.02. The number of hydrogen-bond donors (Lipinski definition) is 1. The van der Waals surface area contributed by atoms with Crippen molar-refractivity contribution in [1.29, 1.82) is 0 Å². The molecule has 0 spiro atoms. The highest BCUT2D eigenvalue weighted by molar-refractivity contribution is 7.07. The van der Waals surface area contributed by atoms with Gasteiger partial charge in [0.1, 0.15) is 12.4 Å². The highest BCUT2D eigenvalue weighted by atomic mass is 32.1. The minimum absolute atomic E-state index is 0.549. The average Bonchev–Trinajstić information content (AvgIpc) is 2.88. The molecule has 4 heteroatoms. The Morgan fingerprint density at radius 1 is 1.28 bits per heavy atom. The van der Waals surface area contributed by atoms with Crippen molar-refractivity contribution in [3.63, 3.8) is 0 Å². The minimum Gasteiger partial charge on any atom is -0.489 e. The lowest BCUT2D eigenvalue weighted by Crippen LogP contribution is -1.93. The zero-order chi connectivity index (χ0) is 12.8. The van der Waals surface area contributed by atoms with Crippen LogP contribution in [0.4, 0.5) is 0 Å². The molecule has 0 radical (unpaired) electrons. The van der Waals surface area contributed by atoms with Crippen molar-refractivity contribution >= 4 is 23.4 Å². The molecule has 0 aliphatic carbocycles. The molecular formula is C14H12O3S. The van der Waals surface area contributed by atoms with Crippen LogP contribution in [0.2, 0.25) is 0 Å². The molecule has 2 rings (SSSR count). The molecule has 0 saturated heterocycles. The monoisotopic (exact) mass is 260 g/mol. The molecule has 1 heterocycles. The highest BCUT2D eigenvalue weighted by Gasteiger charge is 1.96. The Labute approximate surface area is 109 Å². The Balaban J connectivity index is 1.93. The number of ether oxygens (including phenoxy) is 1.